The Bertz CT molecular complexity index is 160. The van der Waals surface area contributed by atoms with Crippen molar-refractivity contribution in [2.75, 3.05) is 0 Å². The van der Waals surface area contributed by atoms with Crippen molar-refractivity contribution in [3.63, 3.8) is 0 Å². The minimum Gasteiger partial charge on any atom is -0.351 e. The summed E-state index contributed by atoms with van der Waals surface area (Å²) in [6.45, 7) is 0. The lowest BCUT2D eigenvalue weighted by Gasteiger charge is -1.78. The summed E-state index contributed by atoms with van der Waals surface area (Å²) < 4.78 is 0. The average molecular weight is 168 g/mol. The van der Waals surface area contributed by atoms with Crippen LogP contribution >= 0.6 is 0 Å². The molecule has 12 heavy (non-hydrogen) atoms. The number of nitrogens with one attached hydrogen (secondary N) is 1. The third-order valence-electron chi connectivity index (χ3n) is 1.05. The fraction of sp³-hybridized carbons (Fsp3) is 0.375. The number of aldehydes is 2. The second kappa shape index (κ2) is 9.55. The highest BCUT2D eigenvalue weighted by Gasteiger charge is 1.80. The van der Waals surface area contributed by atoms with Crippen molar-refractivity contribution >= 4 is 12.6 Å². The second-order valence-corrected chi connectivity index (χ2v) is 2.02. The average Bonchev–Trinajstić information content (AvgIpc) is 2.62. The van der Waals surface area contributed by atoms with Crippen molar-refractivity contribution in [2.45, 2.75) is 19.3 Å². The molecule has 0 unspecified atom stereocenters. The molecule has 0 atom stereocenters. The summed E-state index contributed by atoms with van der Waals surface area (Å²) in [7, 11) is 0. The van der Waals surface area contributed by atoms with Crippen LogP contribution in [0.2, 0.25) is 0 Å². The van der Waals surface area contributed by atoms with Gasteiger partial charge in [-0.15, -0.1) is 0 Å². The van der Waals surface area contributed by atoms with Crippen molar-refractivity contribution < 1.29 is 9.59 Å². The van der Waals surface area contributed by atoms with E-state index >= 15 is 0 Å². The summed E-state index contributed by atoms with van der Waals surface area (Å²) in [6, 6.07) is 0. The largest absolute Gasteiger partial charge is 0.351 e. The van der Waals surface area contributed by atoms with Gasteiger partial charge in [0.15, 0.2) is 0 Å². The molecular formula is C8H12N2O2. The van der Waals surface area contributed by atoms with Crippen molar-refractivity contribution in [2.24, 2.45) is 0 Å². The molecule has 1 aromatic rings. The summed E-state index contributed by atoms with van der Waals surface area (Å²) in [4.78, 5) is 25.5. The minimum absolute atomic E-state index is 0.513. The number of hydrogen-bond donors (Lipinski definition) is 1. The molecule has 0 amide bonds. The number of nitrogens with zero attached hydrogens (tertiary/aromatic N) is 1. The van der Waals surface area contributed by atoms with E-state index in [-0.39, 0.29) is 0 Å². The zero-order valence-corrected chi connectivity index (χ0v) is 6.77. The normalized spacial score (nSPS) is 8.00. The third-order valence-corrected chi connectivity index (χ3v) is 1.05. The van der Waals surface area contributed by atoms with Crippen molar-refractivity contribution in [3.05, 3.63) is 18.7 Å². The van der Waals surface area contributed by atoms with Crippen LogP contribution in [0.25, 0.3) is 0 Å². The lowest BCUT2D eigenvalue weighted by Crippen LogP contribution is -1.76. The van der Waals surface area contributed by atoms with E-state index in [1.807, 2.05) is 0 Å². The SMILES string of the molecule is O=CCCCC=O.c1c[nH]cn1. The van der Waals surface area contributed by atoms with Gasteiger partial charge in [0.05, 0.1) is 6.33 Å². The van der Waals surface area contributed by atoms with Crippen LogP contribution in [0.5, 0.6) is 0 Å². The summed E-state index contributed by atoms with van der Waals surface area (Å²) >= 11 is 0. The number of rotatable bonds is 4. The maximum absolute atomic E-state index is 9.56. The molecule has 1 N–H and O–H groups in total. The number of aromatic nitrogens is 2. The fourth-order valence-electron chi connectivity index (χ4n) is 0.500. The Labute approximate surface area is 71.0 Å². The van der Waals surface area contributed by atoms with Gasteiger partial charge in [0, 0.05) is 25.2 Å². The number of carbonyl (C=O) groups is 2. The second-order valence-electron chi connectivity index (χ2n) is 2.02. The Hall–Kier alpha value is -1.45. The van der Waals surface area contributed by atoms with Gasteiger partial charge in [0.2, 0.25) is 0 Å². The van der Waals surface area contributed by atoms with E-state index in [1.54, 1.807) is 18.7 Å². The Balaban J connectivity index is 0.000000211. The molecule has 66 valence electrons. The van der Waals surface area contributed by atoms with E-state index in [0.717, 1.165) is 12.6 Å². The minimum atomic E-state index is 0.513. The van der Waals surface area contributed by atoms with Gasteiger partial charge in [-0.3, -0.25) is 0 Å². The van der Waals surface area contributed by atoms with E-state index in [4.69, 9.17) is 0 Å². The van der Waals surface area contributed by atoms with Gasteiger partial charge in [0.25, 0.3) is 0 Å². The van der Waals surface area contributed by atoms with Gasteiger partial charge in [-0.2, -0.15) is 0 Å². The lowest BCUT2D eigenvalue weighted by molar-refractivity contribution is -0.108. The summed E-state index contributed by atoms with van der Waals surface area (Å²) in [5.74, 6) is 0. The van der Waals surface area contributed by atoms with Crippen LogP contribution in [-0.4, -0.2) is 22.5 Å². The van der Waals surface area contributed by atoms with Crippen LogP contribution in [-0.2, 0) is 9.59 Å². The van der Waals surface area contributed by atoms with E-state index in [1.165, 1.54) is 0 Å². The Morgan fingerprint density at radius 2 is 1.92 bits per heavy atom. The summed E-state index contributed by atoms with van der Waals surface area (Å²) in [5.41, 5.74) is 0. The molecule has 0 aliphatic carbocycles. The lowest BCUT2D eigenvalue weighted by atomic mass is 10.3. The first-order chi connectivity index (χ1) is 5.91. The van der Waals surface area contributed by atoms with Crippen LogP contribution in [0, 0.1) is 0 Å². The molecule has 0 fully saturated rings. The molecule has 4 nitrogen and oxygen atoms in total. The molecule has 0 aromatic carbocycles. The van der Waals surface area contributed by atoms with Crippen LogP contribution < -0.4 is 0 Å². The smallest absolute Gasteiger partial charge is 0.120 e. The van der Waals surface area contributed by atoms with Gasteiger partial charge >= 0.3 is 0 Å². The Morgan fingerprint density at radius 3 is 2.17 bits per heavy atom. The molecule has 1 rings (SSSR count). The molecule has 0 aliphatic heterocycles. The summed E-state index contributed by atoms with van der Waals surface area (Å²) in [6.07, 6.45) is 8.46. The van der Waals surface area contributed by atoms with Crippen molar-refractivity contribution in [3.8, 4) is 0 Å². The van der Waals surface area contributed by atoms with Gasteiger partial charge < -0.3 is 14.6 Å². The van der Waals surface area contributed by atoms with E-state index < -0.39 is 0 Å². The first-order valence-electron chi connectivity index (χ1n) is 3.71. The number of hydrogen-bond acceptors (Lipinski definition) is 3. The molecule has 4 heteroatoms. The Morgan fingerprint density at radius 1 is 1.25 bits per heavy atom. The van der Waals surface area contributed by atoms with E-state index in [0.29, 0.717) is 19.3 Å². The third kappa shape index (κ3) is 8.55. The molecule has 0 bridgehead atoms. The number of aromatic amines is 1. The quantitative estimate of drug-likeness (QED) is 0.538. The molecule has 0 saturated carbocycles. The molecule has 0 spiro atoms. The first-order valence-corrected chi connectivity index (χ1v) is 3.71. The topological polar surface area (TPSA) is 62.8 Å². The standard InChI is InChI=1S/C5H8O2.C3H4N2/c6-4-2-1-3-5-7;1-2-5-3-4-1/h4-5H,1-3H2;1-3H,(H,4,5). The van der Waals surface area contributed by atoms with Crippen LogP contribution in [0.1, 0.15) is 19.3 Å². The number of H-pyrrole nitrogens is 1. The molecular weight excluding hydrogens is 156 g/mol. The number of unbranched alkanes of at least 4 members (excludes halogenated alkanes) is 2. The zero-order valence-electron chi connectivity index (χ0n) is 6.77. The van der Waals surface area contributed by atoms with Crippen molar-refractivity contribution in [1.82, 2.24) is 9.97 Å². The van der Waals surface area contributed by atoms with Crippen LogP contribution in [0.4, 0.5) is 0 Å². The van der Waals surface area contributed by atoms with Gasteiger partial charge in [-0.05, 0) is 6.42 Å². The monoisotopic (exact) mass is 168 g/mol. The predicted octanol–water partition coefficient (Wildman–Crippen LogP) is 0.964. The highest BCUT2D eigenvalue weighted by Crippen LogP contribution is 1.85. The van der Waals surface area contributed by atoms with E-state index in [9.17, 15) is 9.59 Å². The zero-order chi connectivity index (χ0) is 9.07. The maximum atomic E-state index is 9.56. The van der Waals surface area contributed by atoms with Gasteiger partial charge in [-0.1, -0.05) is 0 Å². The molecule has 0 saturated heterocycles. The van der Waals surface area contributed by atoms with E-state index in [2.05, 4.69) is 9.97 Å². The highest BCUT2D eigenvalue weighted by molar-refractivity contribution is 5.52. The van der Waals surface area contributed by atoms with Crippen LogP contribution in [0.15, 0.2) is 18.7 Å². The first kappa shape index (κ1) is 10.6. The van der Waals surface area contributed by atoms with Gasteiger partial charge in [0.1, 0.15) is 12.6 Å². The molecule has 1 aromatic heterocycles. The highest BCUT2D eigenvalue weighted by atomic mass is 16.1. The molecule has 0 radical (unpaired) electrons. The molecule has 1 heterocycles. The predicted molar refractivity (Wildman–Crippen MR) is 44.6 cm³/mol. The Kier molecular flexibility index (Phi) is 8.40. The maximum Gasteiger partial charge on any atom is 0.120 e. The van der Waals surface area contributed by atoms with Crippen molar-refractivity contribution in [1.29, 1.82) is 0 Å². The number of carbonyl (C=O) groups excluding carboxylic acids is 2. The van der Waals surface area contributed by atoms with Gasteiger partial charge in [-0.25, -0.2) is 4.98 Å². The fourth-order valence-corrected chi connectivity index (χ4v) is 0.500. The van der Waals surface area contributed by atoms with Crippen LogP contribution in [0.3, 0.4) is 0 Å². The summed E-state index contributed by atoms with van der Waals surface area (Å²) in [5, 5.41) is 0. The number of imidazole rings is 1. The molecule has 0 aliphatic rings.